The fourth-order valence-corrected chi connectivity index (χ4v) is 1.96. The number of hydrogen-bond acceptors (Lipinski definition) is 3. The van der Waals surface area contributed by atoms with Crippen molar-refractivity contribution in [2.45, 2.75) is 39.8 Å². The lowest BCUT2D eigenvalue weighted by atomic mass is 10.1. The summed E-state index contributed by atoms with van der Waals surface area (Å²) >= 11 is 0. The molecule has 0 saturated carbocycles. The first-order valence-electron chi connectivity index (χ1n) is 6.83. The van der Waals surface area contributed by atoms with Crippen LogP contribution in [0.3, 0.4) is 0 Å². The summed E-state index contributed by atoms with van der Waals surface area (Å²) in [5.41, 5.74) is 3.29. The highest BCUT2D eigenvalue weighted by molar-refractivity contribution is 5.43. The van der Waals surface area contributed by atoms with Crippen molar-refractivity contribution < 1.29 is 4.74 Å². The number of aromatic nitrogens is 2. The van der Waals surface area contributed by atoms with Gasteiger partial charge in [-0.15, -0.1) is 0 Å². The van der Waals surface area contributed by atoms with E-state index in [1.54, 1.807) is 7.11 Å². The molecule has 0 fully saturated rings. The predicted molar refractivity (Wildman–Crippen MR) is 81.4 cm³/mol. The van der Waals surface area contributed by atoms with Gasteiger partial charge in [0.05, 0.1) is 18.5 Å². The SMILES string of the molecule is COc1ccc(-n2ccc(CNC(C)(C)C)n2)cc1C. The van der Waals surface area contributed by atoms with Gasteiger partial charge >= 0.3 is 0 Å². The highest BCUT2D eigenvalue weighted by atomic mass is 16.5. The second-order valence-electron chi connectivity index (χ2n) is 6.01. The Kier molecular flexibility index (Phi) is 4.14. The van der Waals surface area contributed by atoms with Crippen LogP contribution in [0.5, 0.6) is 5.75 Å². The largest absolute Gasteiger partial charge is 0.496 e. The number of benzene rings is 1. The number of ether oxygens (including phenoxy) is 1. The molecule has 20 heavy (non-hydrogen) atoms. The first-order chi connectivity index (χ1) is 9.39. The smallest absolute Gasteiger partial charge is 0.121 e. The van der Waals surface area contributed by atoms with Gasteiger partial charge in [0.15, 0.2) is 0 Å². The lowest BCUT2D eigenvalue weighted by molar-refractivity contribution is 0.411. The van der Waals surface area contributed by atoms with Crippen LogP contribution in [0, 0.1) is 6.92 Å². The van der Waals surface area contributed by atoms with Crippen molar-refractivity contribution >= 4 is 0 Å². The van der Waals surface area contributed by atoms with Crippen LogP contribution < -0.4 is 10.1 Å². The fourth-order valence-electron chi connectivity index (χ4n) is 1.96. The van der Waals surface area contributed by atoms with Crippen molar-refractivity contribution in [1.29, 1.82) is 0 Å². The molecule has 1 aromatic carbocycles. The molecule has 1 N–H and O–H groups in total. The lowest BCUT2D eigenvalue weighted by Crippen LogP contribution is -2.35. The maximum atomic E-state index is 5.28. The quantitative estimate of drug-likeness (QED) is 0.930. The van der Waals surface area contributed by atoms with E-state index in [0.717, 1.165) is 29.2 Å². The van der Waals surface area contributed by atoms with Gasteiger partial charge in [-0.2, -0.15) is 5.10 Å². The number of aryl methyl sites for hydroxylation is 1. The van der Waals surface area contributed by atoms with Gasteiger partial charge in [0.1, 0.15) is 5.75 Å². The maximum Gasteiger partial charge on any atom is 0.121 e. The number of hydrogen-bond donors (Lipinski definition) is 1. The van der Waals surface area contributed by atoms with Crippen LogP contribution in [0.4, 0.5) is 0 Å². The minimum atomic E-state index is 0.0977. The molecule has 4 heteroatoms. The molecule has 1 heterocycles. The van der Waals surface area contributed by atoms with Crippen LogP contribution >= 0.6 is 0 Å². The second kappa shape index (κ2) is 5.67. The van der Waals surface area contributed by atoms with E-state index in [4.69, 9.17) is 4.74 Å². The third-order valence-electron chi connectivity index (χ3n) is 3.09. The Balaban J connectivity index is 2.14. The predicted octanol–water partition coefficient (Wildman–Crippen LogP) is 3.08. The molecule has 0 atom stereocenters. The molecule has 0 bridgehead atoms. The number of rotatable bonds is 4. The number of methoxy groups -OCH3 is 1. The molecular formula is C16H23N3O. The summed E-state index contributed by atoms with van der Waals surface area (Å²) in [5, 5.41) is 8.03. The van der Waals surface area contributed by atoms with E-state index >= 15 is 0 Å². The summed E-state index contributed by atoms with van der Waals surface area (Å²) < 4.78 is 7.17. The Morgan fingerprint density at radius 3 is 2.60 bits per heavy atom. The normalized spacial score (nSPS) is 11.7. The third kappa shape index (κ3) is 3.61. The average Bonchev–Trinajstić information content (AvgIpc) is 2.84. The highest BCUT2D eigenvalue weighted by Crippen LogP contribution is 2.20. The van der Waals surface area contributed by atoms with Crippen LogP contribution in [0.2, 0.25) is 0 Å². The summed E-state index contributed by atoms with van der Waals surface area (Å²) in [4.78, 5) is 0. The molecule has 0 spiro atoms. The van der Waals surface area contributed by atoms with E-state index in [0.29, 0.717) is 0 Å². The Morgan fingerprint density at radius 2 is 2.00 bits per heavy atom. The minimum Gasteiger partial charge on any atom is -0.496 e. The summed E-state index contributed by atoms with van der Waals surface area (Å²) in [7, 11) is 1.69. The van der Waals surface area contributed by atoms with Gasteiger partial charge in [0.2, 0.25) is 0 Å². The van der Waals surface area contributed by atoms with Crippen molar-refractivity contribution in [3.05, 3.63) is 41.7 Å². The van der Waals surface area contributed by atoms with Crippen LogP contribution in [0.1, 0.15) is 32.0 Å². The zero-order valence-electron chi connectivity index (χ0n) is 12.9. The molecule has 0 aliphatic carbocycles. The van der Waals surface area contributed by atoms with Crippen molar-refractivity contribution in [3.63, 3.8) is 0 Å². The molecule has 0 aliphatic rings. The van der Waals surface area contributed by atoms with E-state index < -0.39 is 0 Å². The molecule has 0 aliphatic heterocycles. The fraction of sp³-hybridized carbons (Fsp3) is 0.438. The third-order valence-corrected chi connectivity index (χ3v) is 3.09. The van der Waals surface area contributed by atoms with Gasteiger partial charge in [-0.05, 0) is 57.5 Å². The van der Waals surface area contributed by atoms with Crippen LogP contribution in [0.15, 0.2) is 30.5 Å². The Labute approximate surface area is 120 Å². The summed E-state index contributed by atoms with van der Waals surface area (Å²) in [5.74, 6) is 0.899. The van der Waals surface area contributed by atoms with E-state index in [9.17, 15) is 0 Å². The molecule has 1 aromatic heterocycles. The van der Waals surface area contributed by atoms with Gasteiger partial charge in [0.25, 0.3) is 0 Å². The monoisotopic (exact) mass is 273 g/mol. The van der Waals surface area contributed by atoms with Gasteiger partial charge in [0, 0.05) is 18.3 Å². The summed E-state index contributed by atoms with van der Waals surface area (Å²) in [6.45, 7) is 9.25. The maximum absolute atomic E-state index is 5.28. The number of nitrogens with one attached hydrogen (secondary N) is 1. The Morgan fingerprint density at radius 1 is 1.25 bits per heavy atom. The van der Waals surface area contributed by atoms with E-state index in [-0.39, 0.29) is 5.54 Å². The van der Waals surface area contributed by atoms with Gasteiger partial charge in [-0.3, -0.25) is 0 Å². The van der Waals surface area contributed by atoms with E-state index in [1.807, 2.05) is 36.0 Å². The molecule has 0 radical (unpaired) electrons. The second-order valence-corrected chi connectivity index (χ2v) is 6.01. The zero-order chi connectivity index (χ0) is 14.8. The van der Waals surface area contributed by atoms with Crippen LogP contribution in [-0.2, 0) is 6.54 Å². The summed E-state index contributed by atoms with van der Waals surface area (Å²) in [6.07, 6.45) is 1.99. The molecule has 2 aromatic rings. The molecule has 0 amide bonds. The van der Waals surface area contributed by atoms with Crippen molar-refractivity contribution in [3.8, 4) is 11.4 Å². The molecule has 2 rings (SSSR count). The van der Waals surface area contributed by atoms with E-state index in [1.165, 1.54) is 0 Å². The lowest BCUT2D eigenvalue weighted by Gasteiger charge is -2.19. The molecule has 108 valence electrons. The Hall–Kier alpha value is -1.81. The standard InChI is InChI=1S/C16H23N3O/c1-12-10-14(6-7-15(12)20-5)19-9-8-13(18-19)11-17-16(2,3)4/h6-10,17H,11H2,1-5H3. The van der Waals surface area contributed by atoms with Gasteiger partial charge < -0.3 is 10.1 Å². The van der Waals surface area contributed by atoms with Crippen molar-refractivity contribution in [2.75, 3.05) is 7.11 Å². The van der Waals surface area contributed by atoms with Crippen LogP contribution in [0.25, 0.3) is 5.69 Å². The molecule has 0 saturated heterocycles. The highest BCUT2D eigenvalue weighted by Gasteiger charge is 2.10. The Bertz CT molecular complexity index is 582. The molecule has 4 nitrogen and oxygen atoms in total. The minimum absolute atomic E-state index is 0.0977. The molecular weight excluding hydrogens is 250 g/mol. The molecule has 0 unspecified atom stereocenters. The first-order valence-corrected chi connectivity index (χ1v) is 6.83. The van der Waals surface area contributed by atoms with Gasteiger partial charge in [-0.1, -0.05) is 0 Å². The van der Waals surface area contributed by atoms with Crippen molar-refractivity contribution in [2.24, 2.45) is 0 Å². The zero-order valence-corrected chi connectivity index (χ0v) is 12.9. The number of nitrogens with zero attached hydrogens (tertiary/aromatic N) is 2. The first kappa shape index (κ1) is 14.6. The summed E-state index contributed by atoms with van der Waals surface area (Å²) in [6, 6.07) is 8.10. The van der Waals surface area contributed by atoms with Crippen molar-refractivity contribution in [1.82, 2.24) is 15.1 Å². The average molecular weight is 273 g/mol. The van der Waals surface area contributed by atoms with Gasteiger partial charge in [-0.25, -0.2) is 4.68 Å². The topological polar surface area (TPSA) is 39.1 Å². The van der Waals surface area contributed by atoms with Crippen LogP contribution in [-0.4, -0.2) is 22.4 Å². The van der Waals surface area contributed by atoms with E-state index in [2.05, 4.69) is 37.3 Å².